The van der Waals surface area contributed by atoms with Crippen molar-refractivity contribution < 1.29 is 4.79 Å². The van der Waals surface area contributed by atoms with E-state index >= 15 is 0 Å². The van der Waals surface area contributed by atoms with Crippen molar-refractivity contribution in [3.63, 3.8) is 0 Å². The van der Waals surface area contributed by atoms with Gasteiger partial charge in [0.25, 0.3) is 5.91 Å². The van der Waals surface area contributed by atoms with E-state index in [4.69, 9.17) is 11.6 Å². The van der Waals surface area contributed by atoms with Gasteiger partial charge in [-0.3, -0.25) is 4.79 Å². The van der Waals surface area contributed by atoms with Crippen molar-refractivity contribution in [3.05, 3.63) is 76.5 Å². The monoisotopic (exact) mass is 441 g/mol. The number of halogens is 1. The van der Waals surface area contributed by atoms with Crippen LogP contribution in [0.5, 0.6) is 0 Å². The van der Waals surface area contributed by atoms with Gasteiger partial charge in [0.15, 0.2) is 4.34 Å². The number of amides is 1. The highest BCUT2D eigenvalue weighted by atomic mass is 35.5. The van der Waals surface area contributed by atoms with Crippen LogP contribution in [0.1, 0.15) is 23.0 Å². The van der Waals surface area contributed by atoms with Gasteiger partial charge in [-0.1, -0.05) is 47.7 Å². The highest BCUT2D eigenvalue weighted by Gasteiger charge is 2.17. The van der Waals surface area contributed by atoms with E-state index in [-0.39, 0.29) is 5.91 Å². The van der Waals surface area contributed by atoms with Gasteiger partial charge in [-0.2, -0.15) is 5.10 Å². The molecule has 29 heavy (non-hydrogen) atoms. The Morgan fingerprint density at radius 3 is 2.76 bits per heavy atom. The summed E-state index contributed by atoms with van der Waals surface area (Å²) in [4.78, 5) is 13.9. The van der Waals surface area contributed by atoms with E-state index in [0.29, 0.717) is 22.7 Å². The van der Waals surface area contributed by atoms with E-state index in [2.05, 4.69) is 20.6 Å². The van der Waals surface area contributed by atoms with Crippen LogP contribution in [0, 0.1) is 0 Å². The fourth-order valence-corrected chi connectivity index (χ4v) is 4.48. The molecule has 0 aliphatic rings. The molecule has 2 aromatic heterocycles. The maximum absolute atomic E-state index is 12.8. The molecular formula is C20H16ClN5OS2. The van der Waals surface area contributed by atoms with Gasteiger partial charge >= 0.3 is 0 Å². The first kappa shape index (κ1) is 19.6. The Balaban J connectivity index is 1.51. The number of carbonyl (C=O) groups is 1. The second-order valence-corrected chi connectivity index (χ2v) is 8.63. The maximum atomic E-state index is 12.8. The average molecular weight is 442 g/mol. The highest BCUT2D eigenvalue weighted by molar-refractivity contribution is 8.01. The fraction of sp³-hybridized carbons (Fsp3) is 0.100. The molecule has 0 radical (unpaired) electrons. The van der Waals surface area contributed by atoms with Gasteiger partial charge in [0, 0.05) is 15.6 Å². The molecule has 4 rings (SSSR count). The summed E-state index contributed by atoms with van der Waals surface area (Å²) in [5, 5.41) is 15.8. The number of carbonyl (C=O) groups excluding carboxylic acids is 1. The normalized spacial score (nSPS) is 10.8. The molecule has 0 bridgehead atoms. The number of hydrogen-bond donors (Lipinski definition) is 1. The molecule has 1 N–H and O–H groups in total. The summed E-state index contributed by atoms with van der Waals surface area (Å²) < 4.78 is 2.63. The van der Waals surface area contributed by atoms with Crippen molar-refractivity contribution in [2.24, 2.45) is 0 Å². The summed E-state index contributed by atoms with van der Waals surface area (Å²) in [6.45, 7) is 1.99. The Bertz CT molecular complexity index is 1130. The Kier molecular flexibility index (Phi) is 5.94. The molecular weight excluding hydrogens is 426 g/mol. The number of benzene rings is 2. The predicted molar refractivity (Wildman–Crippen MR) is 116 cm³/mol. The molecule has 2 aromatic carbocycles. The van der Waals surface area contributed by atoms with Crippen LogP contribution >= 0.6 is 34.7 Å². The van der Waals surface area contributed by atoms with E-state index < -0.39 is 0 Å². The van der Waals surface area contributed by atoms with Crippen molar-refractivity contribution in [2.45, 2.75) is 22.6 Å². The third-order valence-electron chi connectivity index (χ3n) is 4.16. The number of anilines is 1. The topological polar surface area (TPSA) is 72.7 Å². The number of hydrogen-bond acceptors (Lipinski definition) is 6. The van der Waals surface area contributed by atoms with Crippen LogP contribution in [0.15, 0.2) is 69.5 Å². The summed E-state index contributed by atoms with van der Waals surface area (Å²) in [6, 6.07) is 15.0. The molecule has 1 amide bonds. The molecule has 0 atom stereocenters. The number of nitrogens with one attached hydrogen (secondary N) is 1. The summed E-state index contributed by atoms with van der Waals surface area (Å²) in [5.41, 5.74) is 4.61. The molecule has 2 heterocycles. The summed E-state index contributed by atoms with van der Waals surface area (Å²) in [6.07, 6.45) is 2.25. The molecule has 0 unspecified atom stereocenters. The minimum atomic E-state index is -0.195. The molecule has 0 fully saturated rings. The van der Waals surface area contributed by atoms with Crippen LogP contribution in [-0.4, -0.2) is 25.9 Å². The zero-order valence-electron chi connectivity index (χ0n) is 15.4. The van der Waals surface area contributed by atoms with Gasteiger partial charge in [0.1, 0.15) is 5.51 Å². The SMILES string of the molecule is CCc1c(C(=O)Nc2ccc(Sc3nncs3)cc2)cnn1-c1cccc(Cl)c1. The molecule has 0 saturated heterocycles. The van der Waals surface area contributed by atoms with Gasteiger partial charge < -0.3 is 5.32 Å². The van der Waals surface area contributed by atoms with Crippen molar-refractivity contribution in [3.8, 4) is 5.69 Å². The van der Waals surface area contributed by atoms with Gasteiger partial charge in [-0.05, 0) is 48.9 Å². The lowest BCUT2D eigenvalue weighted by Gasteiger charge is -2.09. The largest absolute Gasteiger partial charge is 0.322 e. The summed E-state index contributed by atoms with van der Waals surface area (Å²) in [5.74, 6) is -0.195. The standard InChI is InChI=1S/C20H16ClN5OS2/c1-2-18-17(11-23-26(18)15-5-3-4-13(21)10-15)19(27)24-14-6-8-16(9-7-14)29-20-25-22-12-28-20/h3-12H,2H2,1H3,(H,24,27). The van der Waals surface area contributed by atoms with E-state index in [1.165, 1.54) is 23.1 Å². The number of nitrogens with zero attached hydrogens (tertiary/aromatic N) is 4. The third-order valence-corrected chi connectivity index (χ3v) is 6.18. The first-order valence-corrected chi connectivity index (χ1v) is 10.9. The summed E-state index contributed by atoms with van der Waals surface area (Å²) in [7, 11) is 0. The predicted octanol–water partition coefficient (Wildman–Crippen LogP) is 5.34. The lowest BCUT2D eigenvalue weighted by molar-refractivity contribution is 0.102. The van der Waals surface area contributed by atoms with Crippen molar-refractivity contribution >= 4 is 46.3 Å². The zero-order chi connectivity index (χ0) is 20.2. The molecule has 146 valence electrons. The fourth-order valence-electron chi connectivity index (χ4n) is 2.85. The van der Waals surface area contributed by atoms with Crippen LogP contribution in [-0.2, 0) is 6.42 Å². The van der Waals surface area contributed by atoms with Gasteiger partial charge in [-0.25, -0.2) is 4.68 Å². The van der Waals surface area contributed by atoms with E-state index in [1.807, 2.05) is 49.4 Å². The Morgan fingerprint density at radius 2 is 2.07 bits per heavy atom. The van der Waals surface area contributed by atoms with Crippen LogP contribution in [0.3, 0.4) is 0 Å². The van der Waals surface area contributed by atoms with E-state index in [1.54, 1.807) is 22.5 Å². The lowest BCUT2D eigenvalue weighted by atomic mass is 10.2. The molecule has 0 spiro atoms. The third kappa shape index (κ3) is 4.50. The van der Waals surface area contributed by atoms with Crippen LogP contribution in [0.25, 0.3) is 5.69 Å². The minimum absolute atomic E-state index is 0.195. The van der Waals surface area contributed by atoms with Crippen LogP contribution < -0.4 is 5.32 Å². The molecule has 0 aliphatic heterocycles. The molecule has 0 saturated carbocycles. The molecule has 6 nitrogen and oxygen atoms in total. The second-order valence-electron chi connectivity index (χ2n) is 6.04. The average Bonchev–Trinajstić information content (AvgIpc) is 3.39. The Labute approximate surface area is 180 Å². The van der Waals surface area contributed by atoms with Crippen molar-refractivity contribution in [2.75, 3.05) is 5.32 Å². The molecule has 4 aromatic rings. The number of rotatable bonds is 6. The summed E-state index contributed by atoms with van der Waals surface area (Å²) >= 11 is 9.12. The van der Waals surface area contributed by atoms with Gasteiger partial charge in [0.2, 0.25) is 0 Å². The first-order chi connectivity index (χ1) is 14.1. The first-order valence-electron chi connectivity index (χ1n) is 8.82. The van der Waals surface area contributed by atoms with E-state index in [0.717, 1.165) is 20.6 Å². The van der Waals surface area contributed by atoms with Crippen LogP contribution in [0.2, 0.25) is 5.02 Å². The quantitative estimate of drug-likeness (QED) is 0.437. The Morgan fingerprint density at radius 1 is 1.24 bits per heavy atom. The minimum Gasteiger partial charge on any atom is -0.322 e. The van der Waals surface area contributed by atoms with E-state index in [9.17, 15) is 4.79 Å². The lowest BCUT2D eigenvalue weighted by Crippen LogP contribution is -2.14. The van der Waals surface area contributed by atoms with Gasteiger partial charge in [0.05, 0.1) is 23.1 Å². The van der Waals surface area contributed by atoms with Crippen LogP contribution in [0.4, 0.5) is 5.69 Å². The smallest absolute Gasteiger partial charge is 0.259 e. The maximum Gasteiger partial charge on any atom is 0.259 e. The molecule has 9 heteroatoms. The highest BCUT2D eigenvalue weighted by Crippen LogP contribution is 2.29. The second kappa shape index (κ2) is 8.77. The van der Waals surface area contributed by atoms with Crippen molar-refractivity contribution in [1.82, 2.24) is 20.0 Å². The molecule has 0 aliphatic carbocycles. The van der Waals surface area contributed by atoms with Gasteiger partial charge in [-0.15, -0.1) is 10.2 Å². The number of aromatic nitrogens is 4. The zero-order valence-corrected chi connectivity index (χ0v) is 17.8. The van der Waals surface area contributed by atoms with Crippen molar-refractivity contribution in [1.29, 1.82) is 0 Å². The Hall–Kier alpha value is -2.68.